The zero-order valence-corrected chi connectivity index (χ0v) is 10.7. The van der Waals surface area contributed by atoms with Gasteiger partial charge in [0.25, 0.3) is 0 Å². The predicted octanol–water partition coefficient (Wildman–Crippen LogP) is 0.214. The number of amides is 1. The summed E-state index contributed by atoms with van der Waals surface area (Å²) >= 11 is 0. The molecule has 2 unspecified atom stereocenters. The van der Waals surface area contributed by atoms with E-state index in [0.29, 0.717) is 30.2 Å². The van der Waals surface area contributed by atoms with Crippen molar-refractivity contribution in [2.24, 2.45) is 5.41 Å². The van der Waals surface area contributed by atoms with Gasteiger partial charge in [-0.3, -0.25) is 4.79 Å². The number of carbonyl (C=O) groups excluding carboxylic acids is 1. The van der Waals surface area contributed by atoms with Crippen LogP contribution in [0.15, 0.2) is 4.52 Å². The van der Waals surface area contributed by atoms with Crippen LogP contribution in [-0.4, -0.2) is 35.2 Å². The second-order valence-corrected chi connectivity index (χ2v) is 5.79. The summed E-state index contributed by atoms with van der Waals surface area (Å²) in [6, 6.07) is -0.251. The Labute approximate surface area is 106 Å². The molecule has 2 N–H and O–H groups in total. The molecule has 3 rings (SSSR count). The van der Waals surface area contributed by atoms with Crippen LogP contribution in [0.2, 0.25) is 0 Å². The first-order valence-corrected chi connectivity index (χ1v) is 6.40. The summed E-state index contributed by atoms with van der Waals surface area (Å²) in [4.78, 5) is 16.0. The van der Waals surface area contributed by atoms with E-state index < -0.39 is 0 Å². The molecule has 2 fully saturated rings. The standard InChI is InChI=1S/C12H18N4O2/c1-12(2)6-7(12)10-15-9(18-16-10)5-8-11(17)14-4-3-13-8/h7-8,13H,3-6H2,1-2H3,(H,14,17). The van der Waals surface area contributed by atoms with Crippen molar-refractivity contribution in [1.82, 2.24) is 20.8 Å². The molecule has 0 radical (unpaired) electrons. The van der Waals surface area contributed by atoms with E-state index >= 15 is 0 Å². The second-order valence-electron chi connectivity index (χ2n) is 5.79. The summed E-state index contributed by atoms with van der Waals surface area (Å²) in [6.07, 6.45) is 1.57. The highest BCUT2D eigenvalue weighted by molar-refractivity contribution is 5.82. The van der Waals surface area contributed by atoms with Gasteiger partial charge in [-0.15, -0.1) is 0 Å². The molecular formula is C12H18N4O2. The van der Waals surface area contributed by atoms with Gasteiger partial charge < -0.3 is 15.2 Å². The molecule has 1 saturated heterocycles. The number of hydrogen-bond acceptors (Lipinski definition) is 5. The smallest absolute Gasteiger partial charge is 0.237 e. The molecule has 1 aliphatic heterocycles. The summed E-state index contributed by atoms with van der Waals surface area (Å²) in [5, 5.41) is 9.98. The Bertz CT molecular complexity index is 468. The van der Waals surface area contributed by atoms with E-state index in [1.54, 1.807) is 0 Å². The number of carbonyl (C=O) groups is 1. The number of nitrogens with zero attached hydrogens (tertiary/aromatic N) is 2. The maximum atomic E-state index is 11.6. The van der Waals surface area contributed by atoms with Gasteiger partial charge in [-0.25, -0.2) is 0 Å². The quantitative estimate of drug-likeness (QED) is 0.802. The summed E-state index contributed by atoms with van der Waals surface area (Å²) in [6.45, 7) is 5.86. The van der Waals surface area contributed by atoms with E-state index in [0.717, 1.165) is 18.8 Å². The van der Waals surface area contributed by atoms with Crippen molar-refractivity contribution in [3.05, 3.63) is 11.7 Å². The maximum Gasteiger partial charge on any atom is 0.237 e. The van der Waals surface area contributed by atoms with E-state index in [4.69, 9.17) is 4.52 Å². The van der Waals surface area contributed by atoms with Crippen molar-refractivity contribution >= 4 is 5.91 Å². The largest absolute Gasteiger partial charge is 0.353 e. The Morgan fingerprint density at radius 3 is 2.89 bits per heavy atom. The third kappa shape index (κ3) is 2.12. The summed E-state index contributed by atoms with van der Waals surface area (Å²) in [7, 11) is 0. The zero-order chi connectivity index (χ0) is 12.8. The number of hydrogen-bond donors (Lipinski definition) is 2. The molecule has 2 aliphatic rings. The Morgan fingerprint density at radius 1 is 1.44 bits per heavy atom. The molecule has 0 spiro atoms. The van der Waals surface area contributed by atoms with Crippen LogP contribution in [0.3, 0.4) is 0 Å². The third-order valence-corrected chi connectivity index (χ3v) is 3.82. The molecule has 18 heavy (non-hydrogen) atoms. The van der Waals surface area contributed by atoms with Gasteiger partial charge in [0.2, 0.25) is 11.8 Å². The first kappa shape index (κ1) is 11.6. The van der Waals surface area contributed by atoms with Crippen molar-refractivity contribution < 1.29 is 9.32 Å². The molecule has 1 saturated carbocycles. The van der Waals surface area contributed by atoms with Crippen LogP contribution in [-0.2, 0) is 11.2 Å². The van der Waals surface area contributed by atoms with Gasteiger partial charge in [-0.2, -0.15) is 4.98 Å². The van der Waals surface area contributed by atoms with Crippen LogP contribution in [0.4, 0.5) is 0 Å². The van der Waals surface area contributed by atoms with E-state index in [1.165, 1.54) is 0 Å². The number of rotatable bonds is 3. The molecule has 2 atom stereocenters. The van der Waals surface area contributed by atoms with Crippen molar-refractivity contribution in [1.29, 1.82) is 0 Å². The number of piperazine rings is 1. The van der Waals surface area contributed by atoms with Crippen LogP contribution in [0.1, 0.15) is 37.9 Å². The minimum absolute atomic E-state index is 0.00718. The van der Waals surface area contributed by atoms with Gasteiger partial charge in [-0.1, -0.05) is 19.0 Å². The molecule has 1 aromatic rings. The van der Waals surface area contributed by atoms with Crippen LogP contribution >= 0.6 is 0 Å². The lowest BCUT2D eigenvalue weighted by Gasteiger charge is -2.21. The Kier molecular flexibility index (Phi) is 2.62. The van der Waals surface area contributed by atoms with Crippen molar-refractivity contribution in [2.45, 2.75) is 38.6 Å². The predicted molar refractivity (Wildman–Crippen MR) is 63.9 cm³/mol. The highest BCUT2D eigenvalue weighted by Crippen LogP contribution is 2.57. The highest BCUT2D eigenvalue weighted by atomic mass is 16.5. The molecule has 0 bridgehead atoms. The van der Waals surface area contributed by atoms with Gasteiger partial charge in [0.1, 0.15) is 0 Å². The molecule has 0 aromatic carbocycles. The van der Waals surface area contributed by atoms with Gasteiger partial charge in [0.15, 0.2) is 5.82 Å². The van der Waals surface area contributed by atoms with Gasteiger partial charge in [0.05, 0.1) is 12.5 Å². The lowest BCUT2D eigenvalue weighted by Crippen LogP contribution is -2.53. The summed E-state index contributed by atoms with van der Waals surface area (Å²) < 4.78 is 5.23. The minimum atomic E-state index is -0.251. The van der Waals surface area contributed by atoms with E-state index in [9.17, 15) is 4.79 Å². The van der Waals surface area contributed by atoms with Crippen molar-refractivity contribution in [3.63, 3.8) is 0 Å². The minimum Gasteiger partial charge on any atom is -0.353 e. The first-order valence-electron chi connectivity index (χ1n) is 6.40. The van der Waals surface area contributed by atoms with Gasteiger partial charge in [-0.05, 0) is 11.8 Å². The number of aromatic nitrogens is 2. The van der Waals surface area contributed by atoms with Crippen LogP contribution in [0, 0.1) is 5.41 Å². The Morgan fingerprint density at radius 2 is 2.22 bits per heavy atom. The molecule has 2 heterocycles. The van der Waals surface area contributed by atoms with Crippen LogP contribution < -0.4 is 10.6 Å². The van der Waals surface area contributed by atoms with Crippen molar-refractivity contribution in [3.8, 4) is 0 Å². The average molecular weight is 250 g/mol. The molecule has 1 aliphatic carbocycles. The first-order chi connectivity index (χ1) is 8.56. The Hall–Kier alpha value is -1.43. The van der Waals surface area contributed by atoms with Gasteiger partial charge >= 0.3 is 0 Å². The molecule has 1 amide bonds. The average Bonchev–Trinajstić information content (AvgIpc) is 2.75. The van der Waals surface area contributed by atoms with Crippen molar-refractivity contribution in [2.75, 3.05) is 13.1 Å². The normalized spacial score (nSPS) is 30.0. The zero-order valence-electron chi connectivity index (χ0n) is 10.7. The molecule has 6 heteroatoms. The monoisotopic (exact) mass is 250 g/mol. The fourth-order valence-electron chi connectivity index (χ4n) is 2.39. The van der Waals surface area contributed by atoms with Gasteiger partial charge in [0, 0.05) is 19.0 Å². The molecule has 98 valence electrons. The SMILES string of the molecule is CC1(C)CC1c1noc(CC2NCCNC2=O)n1. The van der Waals surface area contributed by atoms with E-state index in [-0.39, 0.29) is 11.9 Å². The summed E-state index contributed by atoms with van der Waals surface area (Å²) in [5.41, 5.74) is 0.293. The highest BCUT2D eigenvalue weighted by Gasteiger charge is 2.49. The lowest BCUT2D eigenvalue weighted by atomic mass is 10.1. The third-order valence-electron chi connectivity index (χ3n) is 3.82. The second kappa shape index (κ2) is 4.05. The molecular weight excluding hydrogens is 232 g/mol. The van der Waals surface area contributed by atoms with E-state index in [2.05, 4.69) is 34.6 Å². The Balaban J connectivity index is 1.65. The lowest BCUT2D eigenvalue weighted by molar-refractivity contribution is -0.124. The molecule has 1 aromatic heterocycles. The van der Waals surface area contributed by atoms with E-state index in [1.807, 2.05) is 0 Å². The number of nitrogens with one attached hydrogen (secondary N) is 2. The fourth-order valence-corrected chi connectivity index (χ4v) is 2.39. The maximum absolute atomic E-state index is 11.6. The van der Waals surface area contributed by atoms with Crippen LogP contribution in [0.25, 0.3) is 0 Å². The molecule has 6 nitrogen and oxygen atoms in total. The fraction of sp³-hybridized carbons (Fsp3) is 0.750. The summed E-state index contributed by atoms with van der Waals surface area (Å²) in [5.74, 6) is 1.74. The van der Waals surface area contributed by atoms with Crippen LogP contribution in [0.5, 0.6) is 0 Å². The topological polar surface area (TPSA) is 80.0 Å².